The van der Waals surface area contributed by atoms with Gasteiger partial charge in [-0.1, -0.05) is 29.2 Å². The van der Waals surface area contributed by atoms with Crippen LogP contribution in [0.1, 0.15) is 24.0 Å². The van der Waals surface area contributed by atoms with Gasteiger partial charge in [0.2, 0.25) is 16.9 Å². The first kappa shape index (κ1) is 19.6. The van der Waals surface area contributed by atoms with Crippen LogP contribution in [0.3, 0.4) is 0 Å². The number of hydrogen-bond acceptors (Lipinski definition) is 7. The van der Waals surface area contributed by atoms with Crippen LogP contribution < -0.4 is 11.1 Å². The van der Waals surface area contributed by atoms with Crippen LogP contribution in [0.5, 0.6) is 0 Å². The largest absolute Gasteiger partial charge is 0.369 e. The lowest BCUT2D eigenvalue weighted by molar-refractivity contribution is -0.132. The van der Waals surface area contributed by atoms with Crippen LogP contribution in [0.25, 0.3) is 0 Å². The highest BCUT2D eigenvalue weighted by Crippen LogP contribution is 2.29. The van der Waals surface area contributed by atoms with Crippen LogP contribution in [0.15, 0.2) is 22.5 Å². The van der Waals surface area contributed by atoms with E-state index >= 15 is 0 Å². The maximum absolute atomic E-state index is 12.4. The van der Waals surface area contributed by atoms with Crippen molar-refractivity contribution in [2.24, 2.45) is 11.7 Å². The van der Waals surface area contributed by atoms with E-state index in [1.165, 1.54) is 34.2 Å². The summed E-state index contributed by atoms with van der Waals surface area (Å²) in [5.41, 5.74) is 8.79. The highest BCUT2D eigenvalue weighted by Gasteiger charge is 2.27. The smallest absolute Gasteiger partial charge is 0.233 e. The second kappa shape index (κ2) is 8.71. The average Bonchev–Trinajstić information content (AvgIpc) is 3.10. The number of nitrogens with one attached hydrogen (secondary N) is 1. The van der Waals surface area contributed by atoms with Crippen LogP contribution in [-0.4, -0.2) is 45.8 Å². The Morgan fingerprint density at radius 3 is 2.89 bits per heavy atom. The van der Waals surface area contributed by atoms with Gasteiger partial charge in [-0.2, -0.15) is 0 Å². The molecule has 0 aliphatic carbocycles. The lowest BCUT2D eigenvalue weighted by atomic mass is 9.97. The summed E-state index contributed by atoms with van der Waals surface area (Å²) in [4.78, 5) is 25.5. The zero-order valence-electron chi connectivity index (χ0n) is 15.4. The van der Waals surface area contributed by atoms with Crippen molar-refractivity contribution in [2.75, 3.05) is 24.2 Å². The second-order valence-electron chi connectivity index (χ2n) is 6.67. The van der Waals surface area contributed by atoms with E-state index in [0.29, 0.717) is 18.2 Å². The van der Waals surface area contributed by atoms with Crippen LogP contribution in [0.4, 0.5) is 10.8 Å². The van der Waals surface area contributed by atoms with Crippen molar-refractivity contribution in [2.45, 2.75) is 31.0 Å². The third-order valence-electron chi connectivity index (χ3n) is 4.66. The van der Waals surface area contributed by atoms with Gasteiger partial charge in [-0.15, -0.1) is 10.2 Å². The molecule has 1 aliphatic heterocycles. The van der Waals surface area contributed by atoms with E-state index in [4.69, 9.17) is 5.73 Å². The molecule has 1 atom stereocenters. The molecule has 144 valence electrons. The van der Waals surface area contributed by atoms with Gasteiger partial charge in [0.15, 0.2) is 4.34 Å². The first-order chi connectivity index (χ1) is 12.9. The number of benzene rings is 1. The third-order valence-corrected chi connectivity index (χ3v) is 6.62. The molecule has 9 heteroatoms. The summed E-state index contributed by atoms with van der Waals surface area (Å²) in [6.07, 6.45) is 1.57. The lowest BCUT2D eigenvalue weighted by Gasteiger charge is -2.31. The number of nitrogens with two attached hydrogens (primary N) is 1. The molecule has 3 rings (SSSR count). The number of piperidine rings is 1. The number of carbonyl (C=O) groups excluding carboxylic acids is 2. The number of carbonyl (C=O) groups is 2. The summed E-state index contributed by atoms with van der Waals surface area (Å²) in [6, 6.07) is 6.13. The first-order valence-electron chi connectivity index (χ1n) is 8.80. The van der Waals surface area contributed by atoms with Gasteiger partial charge in [0.1, 0.15) is 0 Å². The summed E-state index contributed by atoms with van der Waals surface area (Å²) >= 11 is 2.78. The van der Waals surface area contributed by atoms with E-state index in [9.17, 15) is 9.59 Å². The van der Waals surface area contributed by atoms with Crippen molar-refractivity contribution in [3.8, 4) is 0 Å². The fourth-order valence-electron chi connectivity index (χ4n) is 2.91. The Morgan fingerprint density at radius 2 is 2.15 bits per heavy atom. The Kier molecular flexibility index (Phi) is 6.33. The molecule has 3 N–H and O–H groups in total. The molecule has 1 aromatic heterocycles. The van der Waals surface area contributed by atoms with Crippen molar-refractivity contribution in [3.63, 3.8) is 0 Å². The Balaban J connectivity index is 1.52. The number of primary amides is 1. The van der Waals surface area contributed by atoms with Crippen LogP contribution in [0, 0.1) is 19.8 Å². The average molecular weight is 406 g/mol. The molecule has 1 aliphatic rings. The summed E-state index contributed by atoms with van der Waals surface area (Å²) in [5.74, 6) is -0.275. The van der Waals surface area contributed by atoms with Crippen LogP contribution >= 0.6 is 23.1 Å². The molecule has 2 amide bonds. The molecule has 0 bridgehead atoms. The van der Waals surface area contributed by atoms with E-state index in [1.807, 2.05) is 6.07 Å². The van der Waals surface area contributed by atoms with Crippen molar-refractivity contribution in [1.29, 1.82) is 0 Å². The van der Waals surface area contributed by atoms with E-state index in [2.05, 4.69) is 41.5 Å². The molecule has 0 spiro atoms. The number of likely N-dealkylation sites (tertiary alicyclic amines) is 1. The summed E-state index contributed by atoms with van der Waals surface area (Å²) in [5, 5.41) is 12.2. The van der Waals surface area contributed by atoms with Crippen molar-refractivity contribution in [1.82, 2.24) is 15.1 Å². The van der Waals surface area contributed by atoms with E-state index < -0.39 is 0 Å². The topological polar surface area (TPSA) is 101 Å². The molecular formula is C18H23N5O2S2. The van der Waals surface area contributed by atoms with Gasteiger partial charge in [0.05, 0.1) is 11.7 Å². The molecule has 0 radical (unpaired) electrons. The van der Waals surface area contributed by atoms with E-state index in [0.717, 1.165) is 22.9 Å². The summed E-state index contributed by atoms with van der Waals surface area (Å²) in [6.45, 7) is 5.24. The molecule has 7 nitrogen and oxygen atoms in total. The Labute approximate surface area is 166 Å². The minimum atomic E-state index is -0.327. The van der Waals surface area contributed by atoms with E-state index in [-0.39, 0.29) is 23.5 Å². The predicted octanol–water partition coefficient (Wildman–Crippen LogP) is 2.71. The molecule has 1 saturated heterocycles. The number of hydrogen-bond donors (Lipinski definition) is 2. The number of rotatable bonds is 6. The summed E-state index contributed by atoms with van der Waals surface area (Å²) in [7, 11) is 0. The number of amides is 2. The van der Waals surface area contributed by atoms with Gasteiger partial charge >= 0.3 is 0 Å². The molecule has 0 saturated carbocycles. The molecular weight excluding hydrogens is 382 g/mol. The Morgan fingerprint density at radius 1 is 1.33 bits per heavy atom. The van der Waals surface area contributed by atoms with Gasteiger partial charge in [-0.3, -0.25) is 9.59 Å². The second-order valence-corrected chi connectivity index (χ2v) is 8.87. The maximum atomic E-state index is 12.4. The SMILES string of the molecule is Cc1ccc(Nc2nnc(SCC(=O)N3CCC[C@H](C(N)=O)C3)s2)cc1C. The first-order valence-corrected chi connectivity index (χ1v) is 10.6. The zero-order chi connectivity index (χ0) is 19.4. The Bertz CT molecular complexity index is 839. The quantitative estimate of drug-likeness (QED) is 0.717. The predicted molar refractivity (Wildman–Crippen MR) is 108 cm³/mol. The molecule has 0 unspecified atom stereocenters. The highest BCUT2D eigenvalue weighted by atomic mass is 32.2. The van der Waals surface area contributed by atoms with Gasteiger partial charge in [0, 0.05) is 18.8 Å². The molecule has 2 aromatic rings. The Hall–Kier alpha value is -2.13. The number of aryl methyl sites for hydroxylation is 2. The van der Waals surface area contributed by atoms with E-state index in [1.54, 1.807) is 4.90 Å². The van der Waals surface area contributed by atoms with Crippen LogP contribution in [0.2, 0.25) is 0 Å². The van der Waals surface area contributed by atoms with Crippen molar-refractivity contribution in [3.05, 3.63) is 29.3 Å². The third kappa shape index (κ3) is 5.20. The molecule has 27 heavy (non-hydrogen) atoms. The standard InChI is InChI=1S/C18H23N5O2S2/c1-11-5-6-14(8-12(11)2)20-17-21-22-18(27-17)26-10-15(24)23-7-3-4-13(9-23)16(19)25/h5-6,8,13H,3-4,7,9-10H2,1-2H3,(H2,19,25)(H,20,21)/t13-/m0/s1. The minimum Gasteiger partial charge on any atom is -0.369 e. The lowest BCUT2D eigenvalue weighted by Crippen LogP contribution is -2.44. The van der Waals surface area contributed by atoms with Gasteiger partial charge in [0.25, 0.3) is 0 Å². The molecule has 2 heterocycles. The number of aromatic nitrogens is 2. The fourth-order valence-corrected chi connectivity index (χ4v) is 4.59. The van der Waals surface area contributed by atoms with Gasteiger partial charge in [-0.05, 0) is 49.9 Å². The van der Waals surface area contributed by atoms with Gasteiger partial charge in [-0.25, -0.2) is 0 Å². The van der Waals surface area contributed by atoms with Gasteiger partial charge < -0.3 is 16.0 Å². The van der Waals surface area contributed by atoms with Crippen molar-refractivity contribution >= 4 is 45.7 Å². The highest BCUT2D eigenvalue weighted by molar-refractivity contribution is 8.01. The minimum absolute atomic E-state index is 0.00446. The monoisotopic (exact) mass is 405 g/mol. The number of thioether (sulfide) groups is 1. The summed E-state index contributed by atoms with van der Waals surface area (Å²) < 4.78 is 0.734. The number of anilines is 2. The normalized spacial score (nSPS) is 17.0. The zero-order valence-corrected chi connectivity index (χ0v) is 17.0. The fraction of sp³-hybridized carbons (Fsp3) is 0.444. The molecule has 1 aromatic carbocycles. The number of nitrogens with zero attached hydrogens (tertiary/aromatic N) is 3. The van der Waals surface area contributed by atoms with Crippen molar-refractivity contribution < 1.29 is 9.59 Å². The van der Waals surface area contributed by atoms with Crippen LogP contribution in [-0.2, 0) is 9.59 Å². The maximum Gasteiger partial charge on any atom is 0.233 e. The molecule has 1 fully saturated rings.